The van der Waals surface area contributed by atoms with E-state index >= 15 is 0 Å². The Morgan fingerprint density at radius 1 is 1.25 bits per heavy atom. The first-order chi connectivity index (χ1) is 19.1. The number of imidazole rings is 1. The Kier molecular flexibility index (Phi) is 7.42. The van der Waals surface area contributed by atoms with Crippen LogP contribution in [-0.4, -0.2) is 76.1 Å². The zero-order valence-electron chi connectivity index (χ0n) is 22.6. The van der Waals surface area contributed by atoms with Gasteiger partial charge in [-0.1, -0.05) is 18.2 Å². The summed E-state index contributed by atoms with van der Waals surface area (Å²) in [5.41, 5.74) is -0.863. The summed E-state index contributed by atoms with van der Waals surface area (Å²) in [6.45, 7) is 3.68. The lowest BCUT2D eigenvalue weighted by molar-refractivity contribution is -0.146. The van der Waals surface area contributed by atoms with Crippen molar-refractivity contribution < 1.29 is 36.9 Å². The van der Waals surface area contributed by atoms with Crippen LogP contribution in [0.3, 0.4) is 0 Å². The molecule has 40 heavy (non-hydrogen) atoms. The SMILES string of the molecule is COc1ccccc1[C@H](CC1=NN(C(C)(C)C(=O)O)S(=O)(=O)c2c1nc(-c1ncco1)n2C)OC1CCOCC1. The van der Waals surface area contributed by atoms with Crippen molar-refractivity contribution in [3.8, 4) is 17.5 Å². The molecular formula is C26H31N5O8S. The smallest absolute Gasteiger partial charge is 0.331 e. The van der Waals surface area contributed by atoms with Crippen molar-refractivity contribution in [2.24, 2.45) is 12.1 Å². The molecule has 0 bridgehead atoms. The number of para-hydroxylation sites is 1. The first-order valence-electron chi connectivity index (χ1n) is 12.7. The number of sulfonamides is 1. The third-order valence-electron chi connectivity index (χ3n) is 7.01. The molecule has 0 unspecified atom stereocenters. The Bertz CT molecular complexity index is 1520. The number of benzene rings is 1. The van der Waals surface area contributed by atoms with Gasteiger partial charge in [0.25, 0.3) is 15.9 Å². The second kappa shape index (κ2) is 10.7. The normalized spacial score (nSPS) is 18.2. The summed E-state index contributed by atoms with van der Waals surface area (Å²) in [5.74, 6) is -0.513. The lowest BCUT2D eigenvalue weighted by atomic mass is 10.00. The predicted molar refractivity (Wildman–Crippen MR) is 141 cm³/mol. The number of hydrazone groups is 1. The molecule has 1 atom stereocenters. The monoisotopic (exact) mass is 573 g/mol. The van der Waals surface area contributed by atoms with E-state index in [2.05, 4.69) is 15.1 Å². The highest BCUT2D eigenvalue weighted by molar-refractivity contribution is 7.89. The average molecular weight is 574 g/mol. The van der Waals surface area contributed by atoms with Crippen molar-refractivity contribution in [2.75, 3.05) is 20.3 Å². The Labute approximate surface area is 231 Å². The summed E-state index contributed by atoms with van der Waals surface area (Å²) in [4.78, 5) is 20.9. The molecule has 2 aliphatic rings. The number of hydrogen-bond acceptors (Lipinski definition) is 10. The average Bonchev–Trinajstić information content (AvgIpc) is 3.58. The molecule has 1 fully saturated rings. The van der Waals surface area contributed by atoms with Crippen LogP contribution in [0.4, 0.5) is 0 Å². The Morgan fingerprint density at radius 3 is 2.62 bits per heavy atom. The molecule has 1 N–H and O–H groups in total. The van der Waals surface area contributed by atoms with Crippen LogP contribution in [0, 0.1) is 0 Å². The van der Waals surface area contributed by atoms with E-state index in [-0.39, 0.29) is 40.7 Å². The van der Waals surface area contributed by atoms with Gasteiger partial charge in [0.2, 0.25) is 0 Å². The van der Waals surface area contributed by atoms with Gasteiger partial charge in [0.1, 0.15) is 17.7 Å². The van der Waals surface area contributed by atoms with Gasteiger partial charge in [-0.3, -0.25) is 0 Å². The van der Waals surface area contributed by atoms with E-state index in [9.17, 15) is 18.3 Å². The maximum Gasteiger partial charge on any atom is 0.331 e. The maximum atomic E-state index is 13.9. The Hall–Kier alpha value is -3.75. The minimum absolute atomic E-state index is 0.0728. The molecule has 14 heteroatoms. The fourth-order valence-electron chi connectivity index (χ4n) is 4.81. The van der Waals surface area contributed by atoms with E-state index in [0.29, 0.717) is 36.2 Å². The van der Waals surface area contributed by atoms with Crippen LogP contribution in [-0.2, 0) is 31.3 Å². The van der Waals surface area contributed by atoms with Crippen LogP contribution in [0.2, 0.25) is 0 Å². The van der Waals surface area contributed by atoms with E-state index in [0.717, 1.165) is 5.56 Å². The molecule has 3 aromatic rings. The highest BCUT2D eigenvalue weighted by atomic mass is 32.2. The predicted octanol–water partition coefficient (Wildman–Crippen LogP) is 2.98. The fourth-order valence-corrected chi connectivity index (χ4v) is 6.70. The third kappa shape index (κ3) is 4.86. The zero-order valence-corrected chi connectivity index (χ0v) is 23.4. The van der Waals surface area contributed by atoms with Crippen molar-refractivity contribution >= 4 is 21.7 Å². The number of carbonyl (C=O) groups is 1. The summed E-state index contributed by atoms with van der Waals surface area (Å²) < 4.78 is 52.8. The van der Waals surface area contributed by atoms with E-state index in [1.54, 1.807) is 7.11 Å². The number of methoxy groups -OCH3 is 1. The van der Waals surface area contributed by atoms with Crippen molar-refractivity contribution in [1.29, 1.82) is 0 Å². The van der Waals surface area contributed by atoms with Crippen LogP contribution in [0.15, 0.2) is 51.3 Å². The van der Waals surface area contributed by atoms with Gasteiger partial charge < -0.3 is 28.3 Å². The van der Waals surface area contributed by atoms with Crippen LogP contribution in [0.1, 0.15) is 50.5 Å². The largest absolute Gasteiger partial charge is 0.496 e. The molecule has 0 radical (unpaired) electrons. The Balaban J connectivity index is 1.66. The summed E-state index contributed by atoms with van der Waals surface area (Å²) in [6, 6.07) is 7.39. The van der Waals surface area contributed by atoms with Gasteiger partial charge in [0.05, 0.1) is 31.2 Å². The minimum atomic E-state index is -4.45. The van der Waals surface area contributed by atoms with E-state index in [4.69, 9.17) is 18.6 Å². The summed E-state index contributed by atoms with van der Waals surface area (Å²) in [6.07, 6.45) is 3.50. The van der Waals surface area contributed by atoms with Gasteiger partial charge in [-0.2, -0.15) is 17.9 Å². The number of nitrogens with zero attached hydrogens (tertiary/aromatic N) is 5. The van der Waals surface area contributed by atoms with Crippen molar-refractivity contribution in [2.45, 2.75) is 55.9 Å². The van der Waals surface area contributed by atoms with E-state index < -0.39 is 27.6 Å². The number of aliphatic carboxylic acids is 1. The number of hydrogen-bond donors (Lipinski definition) is 1. The van der Waals surface area contributed by atoms with Gasteiger partial charge in [0.15, 0.2) is 16.4 Å². The molecule has 214 valence electrons. The number of oxazole rings is 1. The highest BCUT2D eigenvalue weighted by Gasteiger charge is 2.49. The summed E-state index contributed by atoms with van der Waals surface area (Å²) >= 11 is 0. The summed E-state index contributed by atoms with van der Waals surface area (Å²) in [5, 5.41) is 14.2. The molecule has 0 amide bonds. The van der Waals surface area contributed by atoms with Crippen molar-refractivity contribution in [3.63, 3.8) is 0 Å². The number of carboxylic acid groups (broad SMARTS) is 1. The zero-order chi connectivity index (χ0) is 28.7. The molecule has 0 spiro atoms. The van der Waals surface area contributed by atoms with Gasteiger partial charge in [-0.25, -0.2) is 14.8 Å². The van der Waals surface area contributed by atoms with Crippen LogP contribution in [0.25, 0.3) is 11.7 Å². The van der Waals surface area contributed by atoms with Crippen LogP contribution >= 0.6 is 0 Å². The highest BCUT2D eigenvalue weighted by Crippen LogP contribution is 2.39. The molecule has 13 nitrogen and oxygen atoms in total. The third-order valence-corrected chi connectivity index (χ3v) is 8.96. The fraction of sp³-hybridized carbons (Fsp3) is 0.462. The molecule has 2 aromatic heterocycles. The van der Waals surface area contributed by atoms with Crippen molar-refractivity contribution in [3.05, 3.63) is 48.0 Å². The molecule has 2 aliphatic heterocycles. The van der Waals surface area contributed by atoms with E-state index in [1.807, 2.05) is 24.3 Å². The summed E-state index contributed by atoms with van der Waals surface area (Å²) in [7, 11) is -1.38. The van der Waals surface area contributed by atoms with Crippen LogP contribution in [0.5, 0.6) is 5.75 Å². The lowest BCUT2D eigenvalue weighted by Crippen LogP contribution is -2.52. The number of fused-ring (bicyclic) bond motifs is 1. The molecular weight excluding hydrogens is 542 g/mol. The first kappa shape index (κ1) is 27.8. The number of aromatic nitrogens is 3. The maximum absolute atomic E-state index is 13.9. The Morgan fingerprint density at radius 2 is 1.98 bits per heavy atom. The molecule has 4 heterocycles. The molecule has 0 saturated carbocycles. The topological polar surface area (TPSA) is 159 Å². The molecule has 1 saturated heterocycles. The molecule has 1 aromatic carbocycles. The van der Waals surface area contributed by atoms with Crippen molar-refractivity contribution in [1.82, 2.24) is 18.9 Å². The van der Waals surface area contributed by atoms with E-state index in [1.165, 1.54) is 37.9 Å². The lowest BCUT2D eigenvalue weighted by Gasteiger charge is -2.35. The van der Waals surface area contributed by atoms with Crippen LogP contribution < -0.4 is 4.74 Å². The number of ether oxygens (including phenoxy) is 3. The molecule has 5 rings (SSSR count). The van der Waals surface area contributed by atoms with Gasteiger partial charge >= 0.3 is 5.97 Å². The second-order valence-corrected chi connectivity index (χ2v) is 11.7. The van der Waals surface area contributed by atoms with Gasteiger partial charge in [0, 0.05) is 32.2 Å². The quantitative estimate of drug-likeness (QED) is 0.403. The second-order valence-electron chi connectivity index (χ2n) is 10.0. The first-order valence-corrected chi connectivity index (χ1v) is 14.2. The van der Waals surface area contributed by atoms with Gasteiger partial charge in [-0.15, -0.1) is 0 Å². The molecule has 0 aliphatic carbocycles. The standard InChI is InChI=1S/C26H31N5O8S/c1-26(2,25(32)33)31-29-18(21-24(40(31,34)35)30(3)22(28-21)23-27-11-14-38-23)15-20(39-16-9-12-37-13-10-16)17-7-5-6-8-19(17)36-4/h5-8,11,14,16,20H,9-10,12-13,15H2,1-4H3,(H,32,33)/t20-/m0/s1. The number of rotatable bonds is 9. The minimum Gasteiger partial charge on any atom is -0.496 e. The van der Waals surface area contributed by atoms with Gasteiger partial charge in [-0.05, 0) is 32.8 Å². The number of carboxylic acids is 1.